The average Bonchev–Trinajstić information content (AvgIpc) is 2.95. The maximum Gasteiger partial charge on any atom is 0.261 e. The van der Waals surface area contributed by atoms with E-state index in [0.717, 1.165) is 19.1 Å². The minimum Gasteiger partial charge on any atom is -0.351 e. The molecule has 1 aromatic rings. The summed E-state index contributed by atoms with van der Waals surface area (Å²) in [6.07, 6.45) is 3.95. The third kappa shape index (κ3) is 2.87. The van der Waals surface area contributed by atoms with Crippen LogP contribution in [0.25, 0.3) is 0 Å². The van der Waals surface area contributed by atoms with Crippen molar-refractivity contribution >= 4 is 28.8 Å². The van der Waals surface area contributed by atoms with Gasteiger partial charge >= 0.3 is 0 Å². The molecule has 1 N–H and O–H groups in total. The van der Waals surface area contributed by atoms with Crippen LogP contribution in [0.4, 0.5) is 0 Å². The minimum absolute atomic E-state index is 0.0109. The van der Waals surface area contributed by atoms with E-state index in [-0.39, 0.29) is 5.91 Å². The fraction of sp³-hybridized carbons (Fsp3) is 0.615. The zero-order chi connectivity index (χ0) is 12.5. The van der Waals surface area contributed by atoms with Crippen molar-refractivity contribution in [3.05, 3.63) is 21.3 Å². The molecule has 1 atom stereocenters. The highest BCUT2D eigenvalue weighted by Crippen LogP contribution is 2.31. The van der Waals surface area contributed by atoms with Crippen molar-refractivity contribution in [2.24, 2.45) is 5.92 Å². The number of carbonyl (C=O) groups excluding carboxylic acids is 1. The Morgan fingerprint density at radius 1 is 1.44 bits per heavy atom. The van der Waals surface area contributed by atoms with E-state index in [1.165, 1.54) is 37.1 Å². The van der Waals surface area contributed by atoms with Crippen molar-refractivity contribution in [3.63, 3.8) is 0 Å². The van der Waals surface area contributed by atoms with Crippen LogP contribution in [0.2, 0.25) is 4.34 Å². The molecule has 1 aromatic heterocycles. The van der Waals surface area contributed by atoms with Crippen LogP contribution in [-0.4, -0.2) is 36.5 Å². The number of rotatable bonds is 4. The molecule has 2 fully saturated rings. The molecule has 0 bridgehead atoms. The SMILES string of the molecule is O=C(NCC1CCN(C2CC2)C1)c1ccc(Cl)s1. The molecule has 1 saturated heterocycles. The maximum atomic E-state index is 11.9. The highest BCUT2D eigenvalue weighted by atomic mass is 35.5. The first-order valence-electron chi connectivity index (χ1n) is 6.50. The number of halogens is 1. The van der Waals surface area contributed by atoms with Crippen LogP contribution < -0.4 is 5.32 Å². The Morgan fingerprint density at radius 2 is 2.28 bits per heavy atom. The van der Waals surface area contributed by atoms with Crippen LogP contribution in [0, 0.1) is 5.92 Å². The lowest BCUT2D eigenvalue weighted by molar-refractivity contribution is 0.0951. The predicted molar refractivity (Wildman–Crippen MR) is 74.4 cm³/mol. The van der Waals surface area contributed by atoms with Crippen molar-refractivity contribution in [2.75, 3.05) is 19.6 Å². The summed E-state index contributed by atoms with van der Waals surface area (Å²) in [6.45, 7) is 3.14. The summed E-state index contributed by atoms with van der Waals surface area (Å²) < 4.78 is 0.668. The first-order chi connectivity index (χ1) is 8.72. The van der Waals surface area contributed by atoms with Crippen molar-refractivity contribution < 1.29 is 4.79 Å². The summed E-state index contributed by atoms with van der Waals surface area (Å²) in [6, 6.07) is 4.40. The molecule has 5 heteroatoms. The van der Waals surface area contributed by atoms with E-state index in [1.54, 1.807) is 12.1 Å². The number of hydrogen-bond acceptors (Lipinski definition) is 3. The van der Waals surface area contributed by atoms with E-state index in [2.05, 4.69) is 10.2 Å². The molecule has 0 radical (unpaired) electrons. The van der Waals surface area contributed by atoms with Crippen molar-refractivity contribution in [1.82, 2.24) is 10.2 Å². The summed E-state index contributed by atoms with van der Waals surface area (Å²) in [7, 11) is 0. The van der Waals surface area contributed by atoms with Crippen LogP contribution in [0.5, 0.6) is 0 Å². The minimum atomic E-state index is 0.0109. The highest BCUT2D eigenvalue weighted by molar-refractivity contribution is 7.17. The van der Waals surface area contributed by atoms with Crippen molar-refractivity contribution in [1.29, 1.82) is 0 Å². The van der Waals surface area contributed by atoms with Gasteiger partial charge in [0.05, 0.1) is 9.21 Å². The lowest BCUT2D eigenvalue weighted by atomic mass is 10.1. The normalized spacial score (nSPS) is 24.4. The van der Waals surface area contributed by atoms with Gasteiger partial charge in [-0.3, -0.25) is 4.79 Å². The smallest absolute Gasteiger partial charge is 0.261 e. The van der Waals surface area contributed by atoms with Gasteiger partial charge in [-0.15, -0.1) is 11.3 Å². The second-order valence-corrected chi connectivity index (χ2v) is 6.91. The lowest BCUT2D eigenvalue weighted by Crippen LogP contribution is -2.31. The molecule has 1 amide bonds. The van der Waals surface area contributed by atoms with Gasteiger partial charge in [-0.2, -0.15) is 0 Å². The van der Waals surface area contributed by atoms with Gasteiger partial charge in [0.15, 0.2) is 0 Å². The summed E-state index contributed by atoms with van der Waals surface area (Å²) in [5.41, 5.74) is 0. The molecule has 0 aromatic carbocycles. The molecule has 1 saturated carbocycles. The standard InChI is InChI=1S/C13H17ClN2OS/c14-12-4-3-11(18-12)13(17)15-7-9-5-6-16(8-9)10-1-2-10/h3-4,9-10H,1-2,5-8H2,(H,15,17). The Hall–Kier alpha value is -0.580. The fourth-order valence-electron chi connectivity index (χ4n) is 2.56. The summed E-state index contributed by atoms with van der Waals surface area (Å²) in [5, 5.41) is 3.02. The molecular formula is C13H17ClN2OS. The molecule has 1 aliphatic carbocycles. The van der Waals surface area contributed by atoms with Gasteiger partial charge < -0.3 is 10.2 Å². The quantitative estimate of drug-likeness (QED) is 0.922. The summed E-state index contributed by atoms with van der Waals surface area (Å²) >= 11 is 7.16. The second kappa shape index (κ2) is 5.19. The highest BCUT2D eigenvalue weighted by Gasteiger charge is 2.34. The average molecular weight is 285 g/mol. The predicted octanol–water partition coefficient (Wildman–Crippen LogP) is 2.62. The summed E-state index contributed by atoms with van der Waals surface area (Å²) in [4.78, 5) is 15.1. The van der Waals surface area contributed by atoms with E-state index in [1.807, 2.05) is 0 Å². The Bertz CT molecular complexity index is 444. The first-order valence-corrected chi connectivity index (χ1v) is 7.69. The second-order valence-electron chi connectivity index (χ2n) is 5.19. The van der Waals surface area contributed by atoms with Crippen LogP contribution in [-0.2, 0) is 0 Å². The molecule has 2 heterocycles. The van der Waals surface area contributed by atoms with E-state index < -0.39 is 0 Å². The van der Waals surface area contributed by atoms with Crippen LogP contribution >= 0.6 is 22.9 Å². The molecule has 0 spiro atoms. The Balaban J connectivity index is 1.45. The van der Waals surface area contributed by atoms with E-state index in [4.69, 9.17) is 11.6 Å². The molecule has 1 unspecified atom stereocenters. The number of hydrogen-bond donors (Lipinski definition) is 1. The summed E-state index contributed by atoms with van der Waals surface area (Å²) in [5.74, 6) is 0.627. The molecule has 2 aliphatic rings. The van der Waals surface area contributed by atoms with Gasteiger partial charge in [0, 0.05) is 19.1 Å². The lowest BCUT2D eigenvalue weighted by Gasteiger charge is -2.14. The third-order valence-corrected chi connectivity index (χ3v) is 4.96. The molecular weight excluding hydrogens is 268 g/mol. The molecule has 18 heavy (non-hydrogen) atoms. The van der Waals surface area contributed by atoms with Gasteiger partial charge in [-0.05, 0) is 43.9 Å². The van der Waals surface area contributed by atoms with Gasteiger partial charge in [0.25, 0.3) is 5.91 Å². The van der Waals surface area contributed by atoms with Gasteiger partial charge in [-0.1, -0.05) is 11.6 Å². The number of thiophene rings is 1. The Morgan fingerprint density at radius 3 is 2.94 bits per heavy atom. The monoisotopic (exact) mass is 284 g/mol. The number of amides is 1. The first kappa shape index (κ1) is 12.5. The number of nitrogens with one attached hydrogen (secondary N) is 1. The largest absolute Gasteiger partial charge is 0.351 e. The van der Waals surface area contributed by atoms with Gasteiger partial charge in [0.1, 0.15) is 0 Å². The zero-order valence-corrected chi connectivity index (χ0v) is 11.8. The maximum absolute atomic E-state index is 11.9. The topological polar surface area (TPSA) is 32.3 Å². The number of likely N-dealkylation sites (tertiary alicyclic amines) is 1. The van der Waals surface area contributed by atoms with Crippen LogP contribution in [0.15, 0.2) is 12.1 Å². The van der Waals surface area contributed by atoms with Crippen molar-refractivity contribution in [2.45, 2.75) is 25.3 Å². The number of carbonyl (C=O) groups is 1. The Labute approximate surface area is 116 Å². The Kier molecular flexibility index (Phi) is 3.59. The molecule has 3 nitrogen and oxygen atoms in total. The van der Waals surface area contributed by atoms with E-state index in [0.29, 0.717) is 15.1 Å². The fourth-order valence-corrected chi connectivity index (χ4v) is 3.52. The van der Waals surface area contributed by atoms with Crippen molar-refractivity contribution in [3.8, 4) is 0 Å². The third-order valence-electron chi connectivity index (χ3n) is 3.73. The van der Waals surface area contributed by atoms with Crippen LogP contribution in [0.1, 0.15) is 28.9 Å². The van der Waals surface area contributed by atoms with E-state index >= 15 is 0 Å². The number of nitrogens with zero attached hydrogens (tertiary/aromatic N) is 1. The van der Waals surface area contributed by atoms with Crippen LogP contribution in [0.3, 0.4) is 0 Å². The van der Waals surface area contributed by atoms with Gasteiger partial charge in [-0.25, -0.2) is 0 Å². The van der Waals surface area contributed by atoms with E-state index in [9.17, 15) is 4.79 Å². The van der Waals surface area contributed by atoms with Gasteiger partial charge in [0.2, 0.25) is 0 Å². The zero-order valence-electron chi connectivity index (χ0n) is 10.2. The molecule has 1 aliphatic heterocycles. The molecule has 3 rings (SSSR count). The molecule has 98 valence electrons.